The molecule has 1 N–H and O–H groups in total. The number of thioether (sulfide) groups is 1. The molecule has 4 heteroatoms. The summed E-state index contributed by atoms with van der Waals surface area (Å²) in [5.74, 6) is 2.32. The maximum atomic E-state index is 5.78. The van der Waals surface area contributed by atoms with Crippen LogP contribution in [0.1, 0.15) is 17.5 Å². The van der Waals surface area contributed by atoms with Crippen molar-refractivity contribution in [2.45, 2.75) is 25.3 Å². The van der Waals surface area contributed by atoms with Gasteiger partial charge in [0.15, 0.2) is 0 Å². The Hall–Kier alpha value is -0.190. The fourth-order valence-corrected chi connectivity index (χ4v) is 3.44. The van der Waals surface area contributed by atoms with Gasteiger partial charge in [0.25, 0.3) is 0 Å². The Morgan fingerprint density at radius 1 is 1.50 bits per heavy atom. The number of nitrogens with one attached hydrogen (secondary N) is 1. The topological polar surface area (TPSA) is 21.3 Å². The molecule has 1 aromatic rings. The number of fused-ring (bicyclic) bond motifs is 1. The first-order valence-corrected chi connectivity index (χ1v) is 8.53. The minimum atomic E-state index is 0.528. The van der Waals surface area contributed by atoms with Gasteiger partial charge in [0.1, 0.15) is 5.75 Å². The monoisotopic (exact) mass is 329 g/mol. The average Bonchev–Trinajstić information content (AvgIpc) is 2.82. The van der Waals surface area contributed by atoms with Gasteiger partial charge in [-0.3, -0.25) is 0 Å². The standard InChI is InChI=1S/C14H20BrNOS/c1-16-13(4-6-18-2)9-11-8-12(15)7-10-3-5-17-14(10)11/h7-8,13,16H,3-6,9H2,1-2H3. The second-order valence-corrected chi connectivity index (χ2v) is 6.52. The third-order valence-electron chi connectivity index (χ3n) is 3.37. The van der Waals surface area contributed by atoms with Gasteiger partial charge in [0.05, 0.1) is 6.61 Å². The van der Waals surface area contributed by atoms with Crippen molar-refractivity contribution in [3.8, 4) is 5.75 Å². The van der Waals surface area contributed by atoms with Crippen LogP contribution in [0.4, 0.5) is 0 Å². The zero-order valence-electron chi connectivity index (χ0n) is 11.0. The molecule has 0 spiro atoms. The summed E-state index contributed by atoms with van der Waals surface area (Å²) in [5.41, 5.74) is 2.68. The van der Waals surface area contributed by atoms with Gasteiger partial charge >= 0.3 is 0 Å². The Kier molecular flexibility index (Phi) is 5.39. The Morgan fingerprint density at radius 2 is 2.33 bits per heavy atom. The Bertz CT molecular complexity index is 411. The lowest BCUT2D eigenvalue weighted by Crippen LogP contribution is -2.28. The van der Waals surface area contributed by atoms with E-state index in [0.29, 0.717) is 6.04 Å². The summed E-state index contributed by atoms with van der Waals surface area (Å²) >= 11 is 5.50. The molecular weight excluding hydrogens is 310 g/mol. The number of benzene rings is 1. The third-order valence-corrected chi connectivity index (χ3v) is 4.47. The summed E-state index contributed by atoms with van der Waals surface area (Å²) in [6, 6.07) is 4.91. The molecule has 2 nitrogen and oxygen atoms in total. The molecule has 1 atom stereocenters. The predicted molar refractivity (Wildman–Crippen MR) is 82.9 cm³/mol. The molecule has 0 radical (unpaired) electrons. The number of rotatable bonds is 6. The minimum Gasteiger partial charge on any atom is -0.493 e. The van der Waals surface area contributed by atoms with E-state index in [-0.39, 0.29) is 0 Å². The Balaban J connectivity index is 2.12. The molecule has 1 aromatic carbocycles. The summed E-state index contributed by atoms with van der Waals surface area (Å²) in [4.78, 5) is 0. The smallest absolute Gasteiger partial charge is 0.125 e. The first kappa shape index (κ1) is 14.2. The summed E-state index contributed by atoms with van der Waals surface area (Å²) in [6.07, 6.45) is 5.43. The van der Waals surface area contributed by atoms with Crippen LogP contribution >= 0.6 is 27.7 Å². The largest absolute Gasteiger partial charge is 0.493 e. The van der Waals surface area contributed by atoms with Crippen molar-refractivity contribution < 1.29 is 4.74 Å². The van der Waals surface area contributed by atoms with E-state index in [1.54, 1.807) is 0 Å². The molecule has 100 valence electrons. The molecule has 18 heavy (non-hydrogen) atoms. The van der Waals surface area contributed by atoms with E-state index >= 15 is 0 Å². The molecule has 0 fully saturated rings. The van der Waals surface area contributed by atoms with Crippen molar-refractivity contribution in [2.24, 2.45) is 0 Å². The van der Waals surface area contributed by atoms with Gasteiger partial charge in [0.2, 0.25) is 0 Å². The van der Waals surface area contributed by atoms with Crippen molar-refractivity contribution in [3.63, 3.8) is 0 Å². The van der Waals surface area contributed by atoms with Gasteiger partial charge in [-0.25, -0.2) is 0 Å². The summed E-state index contributed by atoms with van der Waals surface area (Å²) in [7, 11) is 2.05. The van der Waals surface area contributed by atoms with Gasteiger partial charge in [-0.2, -0.15) is 11.8 Å². The summed E-state index contributed by atoms with van der Waals surface area (Å²) in [6.45, 7) is 0.827. The molecule has 1 aliphatic heterocycles. The van der Waals surface area contributed by atoms with E-state index in [2.05, 4.69) is 39.6 Å². The van der Waals surface area contributed by atoms with Crippen molar-refractivity contribution in [3.05, 3.63) is 27.7 Å². The zero-order chi connectivity index (χ0) is 13.0. The van der Waals surface area contributed by atoms with Crippen LogP contribution in [0.15, 0.2) is 16.6 Å². The maximum Gasteiger partial charge on any atom is 0.125 e. The predicted octanol–water partition coefficient (Wildman–Crippen LogP) is 3.27. The van der Waals surface area contributed by atoms with Gasteiger partial charge < -0.3 is 10.1 Å². The van der Waals surface area contributed by atoms with E-state index in [1.165, 1.54) is 27.8 Å². The molecule has 0 amide bonds. The van der Waals surface area contributed by atoms with E-state index in [4.69, 9.17) is 4.74 Å². The average molecular weight is 330 g/mol. The Morgan fingerprint density at radius 3 is 3.06 bits per heavy atom. The highest BCUT2D eigenvalue weighted by Crippen LogP contribution is 2.33. The maximum absolute atomic E-state index is 5.78. The molecular formula is C14H20BrNOS. The molecule has 1 heterocycles. The van der Waals surface area contributed by atoms with Crippen molar-refractivity contribution in [2.75, 3.05) is 25.7 Å². The van der Waals surface area contributed by atoms with Crippen LogP contribution < -0.4 is 10.1 Å². The van der Waals surface area contributed by atoms with E-state index in [0.717, 1.165) is 25.2 Å². The second kappa shape index (κ2) is 6.83. The summed E-state index contributed by atoms with van der Waals surface area (Å²) in [5, 5.41) is 3.41. The lowest BCUT2D eigenvalue weighted by molar-refractivity contribution is 0.351. The molecule has 0 saturated heterocycles. The van der Waals surface area contributed by atoms with E-state index < -0.39 is 0 Å². The lowest BCUT2D eigenvalue weighted by Gasteiger charge is -2.17. The van der Waals surface area contributed by atoms with E-state index in [9.17, 15) is 0 Å². The molecule has 0 aliphatic carbocycles. The Labute approximate surface area is 122 Å². The number of hydrogen-bond acceptors (Lipinski definition) is 3. The molecule has 1 unspecified atom stereocenters. The van der Waals surface area contributed by atoms with Crippen LogP contribution in [0, 0.1) is 0 Å². The van der Waals surface area contributed by atoms with Gasteiger partial charge in [0, 0.05) is 16.9 Å². The zero-order valence-corrected chi connectivity index (χ0v) is 13.4. The van der Waals surface area contributed by atoms with Gasteiger partial charge in [-0.05, 0) is 55.2 Å². The SMILES string of the molecule is CNC(CCSC)Cc1cc(Br)cc2c1OCC2. The molecule has 0 aromatic heterocycles. The number of likely N-dealkylation sites (N-methyl/N-ethyl adjacent to an activating group) is 1. The summed E-state index contributed by atoms with van der Waals surface area (Å²) < 4.78 is 6.95. The fourth-order valence-electron chi connectivity index (χ4n) is 2.37. The van der Waals surface area contributed by atoms with Crippen LogP contribution in [0.3, 0.4) is 0 Å². The van der Waals surface area contributed by atoms with Crippen molar-refractivity contribution in [1.82, 2.24) is 5.32 Å². The first-order valence-electron chi connectivity index (χ1n) is 6.35. The van der Waals surface area contributed by atoms with Gasteiger partial charge in [-0.15, -0.1) is 0 Å². The van der Waals surface area contributed by atoms with E-state index in [1.807, 2.05) is 18.8 Å². The minimum absolute atomic E-state index is 0.528. The van der Waals surface area contributed by atoms with Crippen LogP contribution in [0.2, 0.25) is 0 Å². The first-order chi connectivity index (χ1) is 8.74. The molecule has 1 aliphatic rings. The van der Waals surface area contributed by atoms with Crippen molar-refractivity contribution >= 4 is 27.7 Å². The normalized spacial score (nSPS) is 15.3. The highest BCUT2D eigenvalue weighted by molar-refractivity contribution is 9.10. The fraction of sp³-hybridized carbons (Fsp3) is 0.571. The molecule has 2 rings (SSSR count). The molecule has 0 bridgehead atoms. The highest BCUT2D eigenvalue weighted by Gasteiger charge is 2.19. The quantitative estimate of drug-likeness (QED) is 0.865. The third kappa shape index (κ3) is 3.43. The number of halogens is 1. The van der Waals surface area contributed by atoms with Crippen LogP contribution in [-0.2, 0) is 12.8 Å². The molecule has 0 saturated carbocycles. The van der Waals surface area contributed by atoms with Crippen LogP contribution in [-0.4, -0.2) is 31.7 Å². The van der Waals surface area contributed by atoms with Crippen LogP contribution in [0.5, 0.6) is 5.75 Å². The second-order valence-electron chi connectivity index (χ2n) is 4.62. The van der Waals surface area contributed by atoms with Crippen LogP contribution in [0.25, 0.3) is 0 Å². The van der Waals surface area contributed by atoms with Gasteiger partial charge in [-0.1, -0.05) is 15.9 Å². The number of ether oxygens (including phenoxy) is 1. The lowest BCUT2D eigenvalue weighted by atomic mass is 10.0. The van der Waals surface area contributed by atoms with Crippen molar-refractivity contribution in [1.29, 1.82) is 0 Å². The number of hydrogen-bond donors (Lipinski definition) is 1. The highest BCUT2D eigenvalue weighted by atomic mass is 79.9.